The SMILES string of the molecule is COc1ccc2c(c1OC)OC1c3c(cc4c(c3C3=CC=C(N)NC3)C#CCC3(O)C(COC(=O)CC(=O)O)OC(O4)C(O)C3O)OCC21. The van der Waals surface area contributed by atoms with Crippen LogP contribution >= 0.6 is 0 Å². The topological polar surface area (TPSA) is 218 Å². The van der Waals surface area contributed by atoms with Crippen molar-refractivity contribution < 1.29 is 63.2 Å². The fraction of sp³-hybridized carbons (Fsp3) is 0.412. The zero-order valence-corrected chi connectivity index (χ0v) is 26.4. The summed E-state index contributed by atoms with van der Waals surface area (Å²) in [6.07, 6.45) is -4.95. The normalized spacial score (nSPS) is 28.8. The van der Waals surface area contributed by atoms with Gasteiger partial charge in [0.25, 0.3) is 0 Å². The quantitative estimate of drug-likeness (QED) is 0.133. The zero-order chi connectivity index (χ0) is 34.6. The van der Waals surface area contributed by atoms with Crippen molar-refractivity contribution in [2.45, 2.75) is 55.1 Å². The summed E-state index contributed by atoms with van der Waals surface area (Å²) in [6, 6.07) is 5.34. The summed E-state index contributed by atoms with van der Waals surface area (Å²) >= 11 is 0. The molecule has 7 atom stereocenters. The molecule has 15 heteroatoms. The van der Waals surface area contributed by atoms with Gasteiger partial charge in [0.15, 0.2) is 11.5 Å². The third-order valence-electron chi connectivity index (χ3n) is 9.29. The number of carboxylic acids is 1. The number of carbonyl (C=O) groups is 2. The molecule has 2 aromatic rings. The van der Waals surface area contributed by atoms with Crippen LogP contribution in [0.15, 0.2) is 36.2 Å². The van der Waals surface area contributed by atoms with Gasteiger partial charge in [0.05, 0.1) is 38.1 Å². The molecule has 2 aromatic carbocycles. The van der Waals surface area contributed by atoms with Crippen molar-refractivity contribution in [3.63, 3.8) is 0 Å². The molecule has 0 aliphatic carbocycles. The van der Waals surface area contributed by atoms with E-state index in [9.17, 15) is 24.9 Å². The maximum atomic E-state index is 12.0. The number of carbonyl (C=O) groups excluding carboxylic acids is 1. The van der Waals surface area contributed by atoms with Gasteiger partial charge in [0, 0.05) is 35.7 Å². The predicted octanol–water partition coefficient (Wildman–Crippen LogP) is 0.430. The molecule has 7 N–H and O–H groups in total. The number of fused-ring (bicyclic) bond motifs is 8. The first kappa shape index (κ1) is 32.4. The maximum Gasteiger partial charge on any atom is 0.317 e. The van der Waals surface area contributed by atoms with Crippen LogP contribution in [0.3, 0.4) is 0 Å². The molecule has 49 heavy (non-hydrogen) atoms. The molecule has 0 aromatic heterocycles. The standard InChI is InChI=1S/C34H34N2O13/c1-43-19-7-6-16-18-13-45-21-10-20-17(26(15-5-8-23(35)36-12-15)27(21)29(18)49-30(16)31(19)44-2)4-3-9-34(42)22(14-46-25(39)11-24(37)38)48-33(47-20)28(40)32(34)41/h5-8,10,18,22,28-29,32-33,36,40-42H,9,11-14,35H2,1-2H3,(H,37,38). The second-order valence-electron chi connectivity index (χ2n) is 12.1. The van der Waals surface area contributed by atoms with E-state index >= 15 is 0 Å². The van der Waals surface area contributed by atoms with Gasteiger partial charge in [-0.1, -0.05) is 24.0 Å². The van der Waals surface area contributed by atoms with Crippen LogP contribution in [0.1, 0.15) is 47.1 Å². The molecule has 15 nitrogen and oxygen atoms in total. The summed E-state index contributed by atoms with van der Waals surface area (Å²) in [5.41, 5.74) is 7.10. The van der Waals surface area contributed by atoms with Crippen molar-refractivity contribution in [1.82, 2.24) is 5.32 Å². The fourth-order valence-electron chi connectivity index (χ4n) is 6.83. The van der Waals surface area contributed by atoms with Crippen molar-refractivity contribution in [3.05, 3.63) is 58.4 Å². The van der Waals surface area contributed by atoms with E-state index in [0.29, 0.717) is 52.1 Å². The number of rotatable bonds is 7. The number of hydrogen-bond donors (Lipinski definition) is 6. The van der Waals surface area contributed by atoms with E-state index in [-0.39, 0.29) is 18.3 Å². The number of carboxylic acid groups (broad SMARTS) is 1. The van der Waals surface area contributed by atoms with E-state index in [1.54, 1.807) is 19.3 Å². The van der Waals surface area contributed by atoms with Crippen LogP contribution < -0.4 is 34.7 Å². The van der Waals surface area contributed by atoms with Gasteiger partial charge in [-0.25, -0.2) is 0 Å². The number of nitrogens with two attached hydrogens (primary N) is 1. The Morgan fingerprint density at radius 3 is 2.67 bits per heavy atom. The van der Waals surface area contributed by atoms with Gasteiger partial charge in [-0.05, 0) is 17.7 Å². The molecule has 1 fully saturated rings. The maximum absolute atomic E-state index is 12.0. The molecular weight excluding hydrogens is 644 g/mol. The van der Waals surface area contributed by atoms with Crippen molar-refractivity contribution in [2.75, 3.05) is 34.0 Å². The third-order valence-corrected chi connectivity index (χ3v) is 9.29. The van der Waals surface area contributed by atoms with Crippen LogP contribution in [0.2, 0.25) is 0 Å². The lowest BCUT2D eigenvalue weighted by molar-refractivity contribution is -0.312. The van der Waals surface area contributed by atoms with Gasteiger partial charge >= 0.3 is 11.9 Å². The Bertz CT molecular complexity index is 1840. The second-order valence-corrected chi connectivity index (χ2v) is 12.1. The van der Waals surface area contributed by atoms with Gasteiger partial charge in [-0.3, -0.25) is 9.59 Å². The van der Waals surface area contributed by atoms with E-state index in [1.807, 2.05) is 18.2 Å². The highest BCUT2D eigenvalue weighted by Crippen LogP contribution is 2.58. The van der Waals surface area contributed by atoms with Crippen LogP contribution in [-0.2, 0) is 19.1 Å². The minimum absolute atomic E-state index is 0.142. The van der Waals surface area contributed by atoms with Gasteiger partial charge < -0.3 is 64.6 Å². The molecule has 258 valence electrons. The van der Waals surface area contributed by atoms with E-state index < -0.39 is 67.7 Å². The highest BCUT2D eigenvalue weighted by molar-refractivity contribution is 5.90. The summed E-state index contributed by atoms with van der Waals surface area (Å²) in [6.45, 7) is -0.0868. The lowest BCUT2D eigenvalue weighted by Gasteiger charge is -2.47. The smallest absolute Gasteiger partial charge is 0.317 e. The van der Waals surface area contributed by atoms with E-state index in [2.05, 4.69) is 17.2 Å². The summed E-state index contributed by atoms with van der Waals surface area (Å²) in [7, 11) is 3.08. The molecule has 0 saturated carbocycles. The molecule has 7 unspecified atom stereocenters. The number of dihydropyridines is 1. The lowest BCUT2D eigenvalue weighted by atomic mass is 9.80. The molecule has 0 radical (unpaired) electrons. The summed E-state index contributed by atoms with van der Waals surface area (Å²) in [4.78, 5) is 22.9. The van der Waals surface area contributed by atoms with Crippen molar-refractivity contribution >= 4 is 17.5 Å². The summed E-state index contributed by atoms with van der Waals surface area (Å²) in [5, 5.41) is 45.8. The zero-order valence-electron chi connectivity index (χ0n) is 26.4. The van der Waals surface area contributed by atoms with Gasteiger partial charge in [-0.15, -0.1) is 0 Å². The Morgan fingerprint density at radius 1 is 1.14 bits per heavy atom. The molecule has 6 aliphatic heterocycles. The molecule has 6 aliphatic rings. The monoisotopic (exact) mass is 678 g/mol. The summed E-state index contributed by atoms with van der Waals surface area (Å²) in [5.74, 6) is 5.82. The highest BCUT2D eigenvalue weighted by Gasteiger charge is 2.56. The number of allylic oxidation sites excluding steroid dienone is 2. The van der Waals surface area contributed by atoms with Crippen LogP contribution in [0.5, 0.6) is 28.7 Å². The van der Waals surface area contributed by atoms with Crippen LogP contribution in [-0.4, -0.2) is 96.5 Å². The highest BCUT2D eigenvalue weighted by atomic mass is 16.7. The predicted molar refractivity (Wildman–Crippen MR) is 167 cm³/mol. The average molecular weight is 679 g/mol. The van der Waals surface area contributed by atoms with Crippen LogP contribution in [0, 0.1) is 11.8 Å². The molecule has 2 bridgehead atoms. The Labute approximate surface area is 279 Å². The Morgan fingerprint density at radius 2 is 1.96 bits per heavy atom. The number of hydrogen-bond acceptors (Lipinski definition) is 14. The third kappa shape index (κ3) is 5.42. The average Bonchev–Trinajstić information content (AvgIpc) is 3.46. The van der Waals surface area contributed by atoms with Crippen LogP contribution in [0.4, 0.5) is 0 Å². The van der Waals surface area contributed by atoms with Gasteiger partial charge in [0.1, 0.15) is 54.5 Å². The minimum atomic E-state index is -2.23. The number of benzene rings is 2. The molecule has 8 rings (SSSR count). The lowest BCUT2D eigenvalue weighted by Crippen LogP contribution is -2.68. The number of ether oxygens (including phenoxy) is 7. The Hall–Kier alpha value is -5.14. The number of nitrogens with one attached hydrogen (secondary N) is 1. The van der Waals surface area contributed by atoms with E-state index in [1.165, 1.54) is 7.11 Å². The first-order chi connectivity index (χ1) is 23.5. The second kappa shape index (κ2) is 12.4. The Balaban J connectivity index is 1.35. The molecule has 0 amide bonds. The largest absolute Gasteiger partial charge is 0.493 e. The number of methoxy groups -OCH3 is 2. The summed E-state index contributed by atoms with van der Waals surface area (Å²) < 4.78 is 41.4. The molecule has 1 saturated heterocycles. The van der Waals surface area contributed by atoms with Crippen molar-refractivity contribution in [3.8, 4) is 40.6 Å². The molecule has 0 spiro atoms. The molecule has 6 heterocycles. The Kier molecular flexibility index (Phi) is 8.19. The van der Waals surface area contributed by atoms with E-state index in [4.69, 9.17) is 44.0 Å². The first-order valence-electron chi connectivity index (χ1n) is 15.5. The minimum Gasteiger partial charge on any atom is -0.493 e. The fourth-order valence-corrected chi connectivity index (χ4v) is 6.83. The van der Waals surface area contributed by atoms with Gasteiger partial charge in [-0.2, -0.15) is 0 Å². The number of esters is 1. The van der Waals surface area contributed by atoms with Crippen molar-refractivity contribution in [2.24, 2.45) is 5.73 Å². The molecular formula is C34H34N2O13. The van der Waals surface area contributed by atoms with Crippen molar-refractivity contribution in [1.29, 1.82) is 0 Å². The number of aliphatic hydroxyl groups is 3. The number of aliphatic carboxylic acids is 1. The van der Waals surface area contributed by atoms with E-state index in [0.717, 1.165) is 11.1 Å². The number of aliphatic hydroxyl groups excluding tert-OH is 2. The van der Waals surface area contributed by atoms with Crippen LogP contribution in [0.25, 0.3) is 5.57 Å². The first-order valence-corrected chi connectivity index (χ1v) is 15.5. The van der Waals surface area contributed by atoms with Gasteiger partial charge in [0.2, 0.25) is 12.0 Å².